The number of rotatable bonds is 4. The average molecular weight is 334 g/mol. The van der Waals surface area contributed by atoms with Gasteiger partial charge in [-0.25, -0.2) is 21.6 Å². The summed E-state index contributed by atoms with van der Waals surface area (Å²) in [5, 5.41) is 0. The van der Waals surface area contributed by atoms with E-state index >= 15 is 0 Å². The van der Waals surface area contributed by atoms with E-state index in [0.29, 0.717) is 0 Å². The standard InChI is InChI=1S/C11H14N2O4S3/c12-11(18)9-3-1-2-4-10(9)20(16,17)13-8-5-6-19(14,15)7-8/h1-4,8,13H,5-7H2,(H2,12,18). The zero-order chi connectivity index (χ0) is 15.0. The van der Waals surface area contributed by atoms with Gasteiger partial charge in [0.2, 0.25) is 10.0 Å². The fourth-order valence-corrected chi connectivity index (χ4v) is 5.59. The Morgan fingerprint density at radius 1 is 1.35 bits per heavy atom. The molecular weight excluding hydrogens is 320 g/mol. The van der Waals surface area contributed by atoms with E-state index in [1.165, 1.54) is 12.1 Å². The molecule has 0 aromatic heterocycles. The Hall–Kier alpha value is -1.03. The van der Waals surface area contributed by atoms with E-state index in [1.807, 2.05) is 0 Å². The second-order valence-corrected chi connectivity index (χ2v) is 8.93. The summed E-state index contributed by atoms with van der Waals surface area (Å²) in [6, 6.07) is 5.49. The number of nitrogens with one attached hydrogen (secondary N) is 1. The van der Waals surface area contributed by atoms with Crippen molar-refractivity contribution in [1.29, 1.82) is 0 Å². The van der Waals surface area contributed by atoms with Gasteiger partial charge < -0.3 is 5.73 Å². The minimum absolute atomic E-state index is 0.00284. The van der Waals surface area contributed by atoms with Crippen LogP contribution >= 0.6 is 12.2 Å². The Morgan fingerprint density at radius 3 is 2.55 bits per heavy atom. The molecule has 20 heavy (non-hydrogen) atoms. The molecule has 110 valence electrons. The van der Waals surface area contributed by atoms with Crippen LogP contribution in [0.3, 0.4) is 0 Å². The van der Waals surface area contributed by atoms with Gasteiger partial charge in [-0.1, -0.05) is 30.4 Å². The van der Waals surface area contributed by atoms with E-state index in [2.05, 4.69) is 4.72 Å². The molecule has 1 aromatic rings. The molecule has 1 saturated heterocycles. The normalized spacial score (nSPS) is 21.7. The third-order valence-electron chi connectivity index (χ3n) is 3.00. The molecule has 0 saturated carbocycles. The quantitative estimate of drug-likeness (QED) is 0.738. The van der Waals surface area contributed by atoms with Crippen molar-refractivity contribution in [3.8, 4) is 0 Å². The third-order valence-corrected chi connectivity index (χ3v) is 6.56. The summed E-state index contributed by atoms with van der Waals surface area (Å²) in [7, 11) is -7.01. The monoisotopic (exact) mass is 334 g/mol. The van der Waals surface area contributed by atoms with E-state index in [4.69, 9.17) is 18.0 Å². The van der Waals surface area contributed by atoms with Gasteiger partial charge in [0.05, 0.1) is 16.4 Å². The predicted molar refractivity (Wildman–Crippen MR) is 79.7 cm³/mol. The number of sulfone groups is 1. The summed E-state index contributed by atoms with van der Waals surface area (Å²) in [5.74, 6) is -0.182. The summed E-state index contributed by atoms with van der Waals surface area (Å²) >= 11 is 4.83. The molecule has 1 aromatic carbocycles. The van der Waals surface area contributed by atoms with Gasteiger partial charge in [0.1, 0.15) is 4.99 Å². The van der Waals surface area contributed by atoms with Gasteiger partial charge in [-0.2, -0.15) is 0 Å². The summed E-state index contributed by atoms with van der Waals surface area (Å²) in [6.45, 7) is 0. The van der Waals surface area contributed by atoms with Crippen molar-refractivity contribution in [2.75, 3.05) is 11.5 Å². The highest BCUT2D eigenvalue weighted by atomic mass is 32.2. The lowest BCUT2D eigenvalue weighted by molar-refractivity contribution is 0.562. The van der Waals surface area contributed by atoms with Crippen LogP contribution in [-0.2, 0) is 19.9 Å². The first kappa shape index (κ1) is 15.4. The number of nitrogens with two attached hydrogens (primary N) is 1. The molecule has 0 bridgehead atoms. The molecule has 2 rings (SSSR count). The Balaban J connectivity index is 2.30. The molecule has 1 atom stereocenters. The first-order chi connectivity index (χ1) is 9.21. The number of hydrogen-bond acceptors (Lipinski definition) is 5. The summed E-state index contributed by atoms with van der Waals surface area (Å²) < 4.78 is 49.7. The number of hydrogen-bond donors (Lipinski definition) is 2. The molecule has 6 nitrogen and oxygen atoms in total. The first-order valence-electron chi connectivity index (χ1n) is 5.83. The molecule has 9 heteroatoms. The van der Waals surface area contributed by atoms with Gasteiger partial charge in [-0.3, -0.25) is 0 Å². The number of benzene rings is 1. The Labute approximate surface area is 123 Å². The highest BCUT2D eigenvalue weighted by Gasteiger charge is 2.32. The van der Waals surface area contributed by atoms with Crippen LogP contribution in [0.5, 0.6) is 0 Å². The Morgan fingerprint density at radius 2 is 2.00 bits per heavy atom. The van der Waals surface area contributed by atoms with E-state index in [0.717, 1.165) is 0 Å². The van der Waals surface area contributed by atoms with Gasteiger partial charge in [0.15, 0.2) is 9.84 Å². The molecule has 1 aliphatic heterocycles. The maximum atomic E-state index is 12.3. The summed E-state index contributed by atoms with van der Waals surface area (Å²) in [5.41, 5.74) is 5.75. The maximum absolute atomic E-state index is 12.3. The molecule has 1 unspecified atom stereocenters. The van der Waals surface area contributed by atoms with E-state index < -0.39 is 25.9 Å². The zero-order valence-electron chi connectivity index (χ0n) is 10.4. The highest BCUT2D eigenvalue weighted by molar-refractivity contribution is 7.92. The first-order valence-corrected chi connectivity index (χ1v) is 9.54. The van der Waals surface area contributed by atoms with Crippen LogP contribution in [0.1, 0.15) is 12.0 Å². The molecule has 0 aliphatic carbocycles. The van der Waals surface area contributed by atoms with Crippen molar-refractivity contribution in [1.82, 2.24) is 4.72 Å². The van der Waals surface area contributed by atoms with Crippen LogP contribution in [-0.4, -0.2) is 39.4 Å². The van der Waals surface area contributed by atoms with Crippen molar-refractivity contribution in [3.05, 3.63) is 29.8 Å². The Bertz CT molecular complexity index is 741. The second-order valence-electron chi connectivity index (χ2n) is 4.58. The molecule has 1 heterocycles. The van der Waals surface area contributed by atoms with Crippen LogP contribution in [0.2, 0.25) is 0 Å². The van der Waals surface area contributed by atoms with Crippen molar-refractivity contribution in [2.24, 2.45) is 5.73 Å². The molecule has 3 N–H and O–H groups in total. The molecule has 0 spiro atoms. The van der Waals surface area contributed by atoms with E-state index in [9.17, 15) is 16.8 Å². The minimum atomic E-state index is -3.85. The predicted octanol–water partition coefficient (Wildman–Crippen LogP) is -0.214. The fraction of sp³-hybridized carbons (Fsp3) is 0.364. The molecule has 1 aliphatic rings. The lowest BCUT2D eigenvalue weighted by Gasteiger charge is -2.14. The van der Waals surface area contributed by atoms with Gasteiger partial charge >= 0.3 is 0 Å². The topological polar surface area (TPSA) is 106 Å². The van der Waals surface area contributed by atoms with Crippen molar-refractivity contribution in [3.63, 3.8) is 0 Å². The van der Waals surface area contributed by atoms with Crippen LogP contribution in [0.4, 0.5) is 0 Å². The molecule has 1 fully saturated rings. The molecular formula is C11H14N2O4S3. The zero-order valence-corrected chi connectivity index (χ0v) is 12.9. The van der Waals surface area contributed by atoms with E-state index in [-0.39, 0.29) is 33.4 Å². The maximum Gasteiger partial charge on any atom is 0.241 e. The largest absolute Gasteiger partial charge is 0.389 e. The van der Waals surface area contributed by atoms with Crippen LogP contribution in [0.25, 0.3) is 0 Å². The lowest BCUT2D eigenvalue weighted by atomic mass is 10.2. The average Bonchev–Trinajstić information content (AvgIpc) is 2.68. The van der Waals surface area contributed by atoms with Crippen molar-refractivity contribution >= 4 is 37.1 Å². The minimum Gasteiger partial charge on any atom is -0.389 e. The van der Waals surface area contributed by atoms with Gasteiger partial charge in [-0.05, 0) is 12.5 Å². The smallest absolute Gasteiger partial charge is 0.241 e. The lowest BCUT2D eigenvalue weighted by Crippen LogP contribution is -2.36. The summed E-state index contributed by atoms with van der Waals surface area (Å²) in [4.78, 5) is -0.0539. The van der Waals surface area contributed by atoms with Gasteiger partial charge in [0.25, 0.3) is 0 Å². The van der Waals surface area contributed by atoms with Gasteiger partial charge in [-0.15, -0.1) is 0 Å². The van der Waals surface area contributed by atoms with Crippen molar-refractivity contribution in [2.45, 2.75) is 17.4 Å². The van der Waals surface area contributed by atoms with Crippen LogP contribution in [0, 0.1) is 0 Å². The fourth-order valence-electron chi connectivity index (χ4n) is 2.08. The molecule has 0 amide bonds. The highest BCUT2D eigenvalue weighted by Crippen LogP contribution is 2.18. The third kappa shape index (κ3) is 3.35. The SMILES string of the molecule is NC(=S)c1ccccc1S(=O)(=O)NC1CCS(=O)(=O)C1. The van der Waals surface area contributed by atoms with Crippen molar-refractivity contribution < 1.29 is 16.8 Å². The number of sulfonamides is 1. The molecule has 0 radical (unpaired) electrons. The van der Waals surface area contributed by atoms with Crippen LogP contribution < -0.4 is 10.5 Å². The summed E-state index contributed by atoms with van der Waals surface area (Å²) in [6.07, 6.45) is 0.275. The Kier molecular flexibility index (Phi) is 4.14. The van der Waals surface area contributed by atoms with Crippen LogP contribution in [0.15, 0.2) is 29.2 Å². The number of thiocarbonyl (C=S) groups is 1. The second kappa shape index (κ2) is 5.40. The van der Waals surface area contributed by atoms with Gasteiger partial charge in [0, 0.05) is 11.6 Å². The van der Waals surface area contributed by atoms with E-state index in [1.54, 1.807) is 12.1 Å².